The zero-order valence-corrected chi connectivity index (χ0v) is 22.1. The molecule has 6 nitrogen and oxygen atoms in total. The summed E-state index contributed by atoms with van der Waals surface area (Å²) in [6.45, 7) is 8.00. The first-order valence-electron chi connectivity index (χ1n) is 10.7. The number of hydrogen-bond acceptors (Lipinski definition) is 6. The molecular weight excluding hydrogens is 498 g/mol. The van der Waals surface area contributed by atoms with Crippen LogP contribution in [0.1, 0.15) is 26.3 Å². The number of aromatic nitrogens is 1. The Balaban J connectivity index is 1.54. The summed E-state index contributed by atoms with van der Waals surface area (Å²) in [6.07, 6.45) is -0.534. The second-order valence-corrected chi connectivity index (χ2v) is 13.2. The predicted octanol–water partition coefficient (Wildman–Crippen LogP) is 5.25. The molecule has 1 fully saturated rings. The Morgan fingerprint density at radius 1 is 1.24 bits per heavy atom. The average molecular weight is 524 g/mol. The Morgan fingerprint density at radius 3 is 2.61 bits per heavy atom. The Hall–Kier alpha value is -1.65. The first-order valence-corrected chi connectivity index (χ1v) is 14.3. The zero-order valence-electron chi connectivity index (χ0n) is 18.9. The van der Waals surface area contributed by atoms with E-state index in [2.05, 4.69) is 4.98 Å². The molecule has 0 spiro atoms. The van der Waals surface area contributed by atoms with Gasteiger partial charge < -0.3 is 4.90 Å². The predicted molar refractivity (Wildman–Crippen MR) is 135 cm³/mol. The molecule has 0 saturated carbocycles. The monoisotopic (exact) mass is 523 g/mol. The van der Waals surface area contributed by atoms with Crippen molar-refractivity contribution in [3.05, 3.63) is 53.1 Å². The number of carbonyl (C=O) groups is 1. The van der Waals surface area contributed by atoms with Crippen molar-refractivity contribution in [2.45, 2.75) is 49.1 Å². The molecule has 0 bridgehead atoms. The second kappa shape index (κ2) is 9.54. The zero-order chi connectivity index (χ0) is 23.9. The van der Waals surface area contributed by atoms with E-state index in [0.717, 1.165) is 20.1 Å². The van der Waals surface area contributed by atoms with E-state index >= 15 is 0 Å². The van der Waals surface area contributed by atoms with Crippen LogP contribution in [0.5, 0.6) is 0 Å². The highest BCUT2D eigenvalue weighted by Crippen LogP contribution is 2.35. The molecule has 176 valence electrons. The van der Waals surface area contributed by atoms with Gasteiger partial charge in [0.2, 0.25) is 15.9 Å². The molecule has 2 aromatic carbocycles. The lowest BCUT2D eigenvalue weighted by molar-refractivity contribution is -0.132. The van der Waals surface area contributed by atoms with Gasteiger partial charge in [-0.1, -0.05) is 54.9 Å². The summed E-state index contributed by atoms with van der Waals surface area (Å²) in [6, 6.07) is 12.2. The number of amides is 1. The number of fused-ring (bicyclic) bond motifs is 1. The average Bonchev–Trinajstić information content (AvgIpc) is 3.33. The van der Waals surface area contributed by atoms with Crippen molar-refractivity contribution in [2.24, 2.45) is 5.92 Å². The third-order valence-corrected chi connectivity index (χ3v) is 9.91. The van der Waals surface area contributed by atoms with E-state index in [1.54, 1.807) is 29.2 Å². The number of halogens is 1. The van der Waals surface area contributed by atoms with E-state index in [-0.39, 0.29) is 35.1 Å². The van der Waals surface area contributed by atoms with Crippen LogP contribution < -0.4 is 0 Å². The van der Waals surface area contributed by atoms with Crippen molar-refractivity contribution < 1.29 is 13.2 Å². The molecule has 2 atom stereocenters. The minimum atomic E-state index is -3.73. The highest BCUT2D eigenvalue weighted by Gasteiger charge is 2.47. The number of rotatable bonds is 6. The van der Waals surface area contributed by atoms with Gasteiger partial charge in [0, 0.05) is 17.6 Å². The maximum Gasteiger partial charge on any atom is 0.244 e. The molecule has 0 aliphatic carbocycles. The summed E-state index contributed by atoms with van der Waals surface area (Å²) >= 11 is 8.94. The van der Waals surface area contributed by atoms with Crippen LogP contribution in [0.2, 0.25) is 5.02 Å². The van der Waals surface area contributed by atoms with Gasteiger partial charge in [0.1, 0.15) is 6.17 Å². The van der Waals surface area contributed by atoms with Crippen LogP contribution in [0.25, 0.3) is 10.2 Å². The second-order valence-electron chi connectivity index (χ2n) is 8.58. The van der Waals surface area contributed by atoms with Crippen LogP contribution in [-0.2, 0) is 14.8 Å². The van der Waals surface area contributed by atoms with E-state index in [1.165, 1.54) is 27.4 Å². The van der Waals surface area contributed by atoms with Crippen molar-refractivity contribution in [1.29, 1.82) is 0 Å². The smallest absolute Gasteiger partial charge is 0.244 e. The Labute approximate surface area is 208 Å². The minimum Gasteiger partial charge on any atom is -0.321 e. The van der Waals surface area contributed by atoms with E-state index < -0.39 is 16.2 Å². The molecule has 1 aliphatic heterocycles. The number of carbonyl (C=O) groups excluding carboxylic acids is 1. The van der Waals surface area contributed by atoms with Crippen LogP contribution in [0.3, 0.4) is 0 Å². The van der Waals surface area contributed by atoms with Gasteiger partial charge in [-0.05, 0) is 50.1 Å². The molecule has 0 radical (unpaired) electrons. The van der Waals surface area contributed by atoms with Crippen LogP contribution in [0, 0.1) is 12.8 Å². The van der Waals surface area contributed by atoms with Gasteiger partial charge in [-0.3, -0.25) is 4.79 Å². The van der Waals surface area contributed by atoms with Gasteiger partial charge in [-0.15, -0.1) is 11.3 Å². The third-order valence-electron chi connectivity index (χ3n) is 5.66. The lowest BCUT2D eigenvalue weighted by Crippen LogP contribution is -2.49. The number of benzene rings is 2. The van der Waals surface area contributed by atoms with Crippen LogP contribution in [0.15, 0.2) is 51.7 Å². The van der Waals surface area contributed by atoms with Crippen molar-refractivity contribution >= 4 is 60.8 Å². The summed E-state index contributed by atoms with van der Waals surface area (Å²) in [5.41, 5.74) is 1.81. The maximum absolute atomic E-state index is 13.4. The molecule has 33 heavy (non-hydrogen) atoms. The van der Waals surface area contributed by atoms with Crippen molar-refractivity contribution in [1.82, 2.24) is 14.2 Å². The van der Waals surface area contributed by atoms with E-state index in [4.69, 9.17) is 11.6 Å². The quantitative estimate of drug-likeness (QED) is 0.412. The highest BCUT2D eigenvalue weighted by molar-refractivity contribution is 8.01. The Bertz CT molecular complexity index is 1280. The van der Waals surface area contributed by atoms with Gasteiger partial charge in [0.05, 0.1) is 20.9 Å². The van der Waals surface area contributed by atoms with Gasteiger partial charge >= 0.3 is 0 Å². The molecule has 1 aromatic heterocycles. The first kappa shape index (κ1) is 24.5. The van der Waals surface area contributed by atoms with E-state index in [1.807, 2.05) is 45.9 Å². The minimum absolute atomic E-state index is 0.0614. The number of aryl methyl sites for hydroxylation is 1. The van der Waals surface area contributed by atoms with Gasteiger partial charge in [0.15, 0.2) is 4.34 Å². The molecule has 10 heteroatoms. The van der Waals surface area contributed by atoms with Gasteiger partial charge in [-0.2, -0.15) is 4.31 Å². The van der Waals surface area contributed by atoms with Crippen LogP contribution >= 0.6 is 34.7 Å². The third kappa shape index (κ3) is 4.93. The SMILES string of the molecule is Cc1ccc(S(=O)(=O)N2CC(C)N(C(=O)CSc3nc4cc(Cl)ccc4s3)C2C(C)C)cc1. The number of nitrogens with zero attached hydrogens (tertiary/aromatic N) is 3. The maximum atomic E-state index is 13.4. The number of hydrogen-bond donors (Lipinski definition) is 0. The highest BCUT2D eigenvalue weighted by atomic mass is 35.5. The van der Waals surface area contributed by atoms with Crippen molar-refractivity contribution in [2.75, 3.05) is 12.3 Å². The fourth-order valence-electron chi connectivity index (χ4n) is 4.13. The van der Waals surface area contributed by atoms with Crippen molar-refractivity contribution in [3.63, 3.8) is 0 Å². The first-order chi connectivity index (χ1) is 15.6. The summed E-state index contributed by atoms with van der Waals surface area (Å²) in [5.74, 6) is 0.0401. The molecule has 4 rings (SSSR count). The van der Waals surface area contributed by atoms with Gasteiger partial charge in [-0.25, -0.2) is 13.4 Å². The number of thioether (sulfide) groups is 1. The molecule has 1 saturated heterocycles. The fourth-order valence-corrected chi connectivity index (χ4v) is 8.00. The molecule has 1 amide bonds. The summed E-state index contributed by atoms with van der Waals surface area (Å²) in [7, 11) is -3.73. The molecule has 2 heterocycles. The largest absolute Gasteiger partial charge is 0.321 e. The Kier molecular flexibility index (Phi) is 7.08. The number of sulfonamides is 1. The molecule has 3 aromatic rings. The fraction of sp³-hybridized carbons (Fsp3) is 0.391. The molecule has 2 unspecified atom stereocenters. The van der Waals surface area contributed by atoms with Gasteiger partial charge in [0.25, 0.3) is 0 Å². The molecule has 0 N–H and O–H groups in total. The topological polar surface area (TPSA) is 70.6 Å². The summed E-state index contributed by atoms with van der Waals surface area (Å²) in [5, 5.41) is 0.626. The normalized spacial score (nSPS) is 19.6. The molecular formula is C23H26ClN3O3S3. The summed E-state index contributed by atoms with van der Waals surface area (Å²) < 4.78 is 30.2. The standard InChI is InChI=1S/C23H26ClN3O3S3/c1-14(2)22-26(33(29,30)18-8-5-15(3)6-9-18)12-16(4)27(22)21(28)13-31-23-25-19-11-17(24)7-10-20(19)32-23/h5-11,14,16,22H,12-13H2,1-4H3. The summed E-state index contributed by atoms with van der Waals surface area (Å²) in [4.78, 5) is 19.9. The lowest BCUT2D eigenvalue weighted by atomic mass is 10.1. The van der Waals surface area contributed by atoms with Crippen molar-refractivity contribution in [3.8, 4) is 0 Å². The molecule has 1 aliphatic rings. The lowest BCUT2D eigenvalue weighted by Gasteiger charge is -2.33. The Morgan fingerprint density at radius 2 is 1.94 bits per heavy atom. The van der Waals surface area contributed by atoms with E-state index in [9.17, 15) is 13.2 Å². The number of thiazole rings is 1. The van der Waals surface area contributed by atoms with Crippen LogP contribution in [-0.4, -0.2) is 53.0 Å². The van der Waals surface area contributed by atoms with Crippen LogP contribution in [0.4, 0.5) is 0 Å². The van der Waals surface area contributed by atoms with E-state index in [0.29, 0.717) is 5.02 Å².